The molecule has 20 heavy (non-hydrogen) atoms. The smallest absolute Gasteiger partial charge is 0.188 e. The summed E-state index contributed by atoms with van der Waals surface area (Å²) in [5.41, 5.74) is 5.79. The molecule has 6 heteroatoms. The van der Waals surface area contributed by atoms with E-state index in [4.69, 9.17) is 19.9 Å². The number of ether oxygens (including phenoxy) is 3. The van der Waals surface area contributed by atoms with Gasteiger partial charge in [0.05, 0.1) is 25.9 Å². The molecule has 116 valence electrons. The highest BCUT2D eigenvalue weighted by molar-refractivity contribution is 5.77. The summed E-state index contributed by atoms with van der Waals surface area (Å²) in [5, 5.41) is 3.10. The second-order valence-corrected chi connectivity index (χ2v) is 5.45. The molecule has 3 N–H and O–H groups in total. The first kappa shape index (κ1) is 15.5. The lowest BCUT2D eigenvalue weighted by molar-refractivity contribution is 0.0888. The lowest BCUT2D eigenvalue weighted by Gasteiger charge is -2.10. The molecule has 2 unspecified atom stereocenters. The molecule has 0 radical (unpaired) electrons. The van der Waals surface area contributed by atoms with Crippen molar-refractivity contribution in [2.24, 2.45) is 16.6 Å². The van der Waals surface area contributed by atoms with Crippen LogP contribution in [-0.4, -0.2) is 58.2 Å². The van der Waals surface area contributed by atoms with Crippen LogP contribution >= 0.6 is 0 Å². The van der Waals surface area contributed by atoms with Gasteiger partial charge in [-0.1, -0.05) is 0 Å². The Kier molecular flexibility index (Phi) is 7.11. The Balaban J connectivity index is 1.42. The number of aliphatic imine (C=N–C) groups is 1. The van der Waals surface area contributed by atoms with Crippen molar-refractivity contribution in [2.45, 2.75) is 31.8 Å². The number of nitrogens with one attached hydrogen (secondary N) is 1. The van der Waals surface area contributed by atoms with Gasteiger partial charge in [-0.3, -0.25) is 4.99 Å². The van der Waals surface area contributed by atoms with Crippen molar-refractivity contribution in [3.63, 3.8) is 0 Å². The van der Waals surface area contributed by atoms with Crippen molar-refractivity contribution >= 4 is 5.96 Å². The van der Waals surface area contributed by atoms with Crippen LogP contribution in [0.5, 0.6) is 0 Å². The van der Waals surface area contributed by atoms with Crippen LogP contribution in [0.3, 0.4) is 0 Å². The van der Waals surface area contributed by atoms with E-state index in [2.05, 4.69) is 10.3 Å². The molecular formula is C14H27N3O3. The number of hydrogen-bond donors (Lipinski definition) is 2. The fourth-order valence-electron chi connectivity index (χ4n) is 2.40. The van der Waals surface area contributed by atoms with Crippen LogP contribution < -0.4 is 11.1 Å². The minimum atomic E-state index is 0.257. The standard InChI is InChI=1S/C14H27N3O3/c15-14(17-9-13-3-1-7-20-13)16-5-2-6-18-10-12-4-8-19-11-12/h12-13H,1-11H2,(H3,15,16,17). The molecule has 2 fully saturated rings. The number of guanidine groups is 1. The molecule has 0 saturated carbocycles. The monoisotopic (exact) mass is 285 g/mol. The number of nitrogens with zero attached hydrogens (tertiary/aromatic N) is 1. The molecule has 2 saturated heterocycles. The van der Waals surface area contributed by atoms with Gasteiger partial charge in [0.25, 0.3) is 0 Å². The molecule has 0 aromatic rings. The topological polar surface area (TPSA) is 78.1 Å². The van der Waals surface area contributed by atoms with Crippen molar-refractivity contribution < 1.29 is 14.2 Å². The van der Waals surface area contributed by atoms with E-state index in [1.165, 1.54) is 0 Å². The summed E-state index contributed by atoms with van der Waals surface area (Å²) in [6, 6.07) is 0. The van der Waals surface area contributed by atoms with Crippen LogP contribution in [-0.2, 0) is 14.2 Å². The van der Waals surface area contributed by atoms with Crippen molar-refractivity contribution in [1.82, 2.24) is 5.32 Å². The van der Waals surface area contributed by atoms with Gasteiger partial charge in [-0.25, -0.2) is 0 Å². The Hall–Kier alpha value is -0.850. The van der Waals surface area contributed by atoms with Gasteiger partial charge in [0.15, 0.2) is 5.96 Å². The first-order chi connectivity index (χ1) is 9.84. The highest BCUT2D eigenvalue weighted by Gasteiger charge is 2.15. The van der Waals surface area contributed by atoms with E-state index < -0.39 is 0 Å². The van der Waals surface area contributed by atoms with Crippen LogP contribution in [0.2, 0.25) is 0 Å². The summed E-state index contributed by atoms with van der Waals surface area (Å²) in [4.78, 5) is 4.29. The molecule has 2 aliphatic heterocycles. The minimum Gasteiger partial charge on any atom is -0.381 e. The van der Waals surface area contributed by atoms with Crippen LogP contribution in [0.25, 0.3) is 0 Å². The van der Waals surface area contributed by atoms with E-state index in [0.29, 0.717) is 18.4 Å². The molecule has 0 aliphatic carbocycles. The number of rotatable bonds is 8. The Morgan fingerprint density at radius 2 is 2.30 bits per heavy atom. The molecule has 0 bridgehead atoms. The quantitative estimate of drug-likeness (QED) is 0.386. The highest BCUT2D eigenvalue weighted by Crippen LogP contribution is 2.12. The first-order valence-electron chi connectivity index (χ1n) is 7.65. The van der Waals surface area contributed by atoms with Gasteiger partial charge in [0.1, 0.15) is 0 Å². The predicted molar refractivity (Wildman–Crippen MR) is 77.8 cm³/mol. The molecule has 2 atom stereocenters. The van der Waals surface area contributed by atoms with Gasteiger partial charge in [0.2, 0.25) is 0 Å². The Morgan fingerprint density at radius 3 is 3.05 bits per heavy atom. The van der Waals surface area contributed by atoms with E-state index in [1.807, 2.05) is 0 Å². The van der Waals surface area contributed by atoms with Crippen LogP contribution in [0.15, 0.2) is 4.99 Å². The fraction of sp³-hybridized carbons (Fsp3) is 0.929. The number of hydrogen-bond acceptors (Lipinski definition) is 4. The fourth-order valence-corrected chi connectivity index (χ4v) is 2.40. The third-order valence-electron chi connectivity index (χ3n) is 3.64. The zero-order chi connectivity index (χ0) is 14.0. The van der Waals surface area contributed by atoms with E-state index >= 15 is 0 Å². The Labute approximate surface area is 121 Å². The van der Waals surface area contributed by atoms with E-state index in [1.54, 1.807) is 0 Å². The maximum atomic E-state index is 5.79. The zero-order valence-corrected chi connectivity index (χ0v) is 12.2. The summed E-state index contributed by atoms with van der Waals surface area (Å²) >= 11 is 0. The van der Waals surface area contributed by atoms with E-state index in [9.17, 15) is 0 Å². The average molecular weight is 285 g/mol. The van der Waals surface area contributed by atoms with Gasteiger partial charge in [-0.2, -0.15) is 0 Å². The van der Waals surface area contributed by atoms with Gasteiger partial charge in [-0.15, -0.1) is 0 Å². The predicted octanol–water partition coefficient (Wildman–Crippen LogP) is 0.513. The van der Waals surface area contributed by atoms with Crippen molar-refractivity contribution in [3.8, 4) is 0 Å². The van der Waals surface area contributed by atoms with Crippen LogP contribution in [0.1, 0.15) is 25.7 Å². The van der Waals surface area contributed by atoms with Crippen molar-refractivity contribution in [1.29, 1.82) is 0 Å². The van der Waals surface area contributed by atoms with E-state index in [-0.39, 0.29) is 6.10 Å². The molecule has 2 aliphatic rings. The Bertz CT molecular complexity index is 287. The molecular weight excluding hydrogens is 258 g/mol. The second-order valence-electron chi connectivity index (χ2n) is 5.45. The normalized spacial score (nSPS) is 27.1. The molecule has 6 nitrogen and oxygen atoms in total. The Morgan fingerprint density at radius 1 is 1.35 bits per heavy atom. The van der Waals surface area contributed by atoms with Crippen molar-refractivity contribution in [3.05, 3.63) is 0 Å². The summed E-state index contributed by atoms with van der Waals surface area (Å²) in [5.74, 6) is 1.09. The zero-order valence-electron chi connectivity index (χ0n) is 12.2. The first-order valence-corrected chi connectivity index (χ1v) is 7.65. The summed E-state index contributed by atoms with van der Waals surface area (Å²) in [7, 11) is 0. The minimum absolute atomic E-state index is 0.257. The third-order valence-corrected chi connectivity index (χ3v) is 3.64. The largest absolute Gasteiger partial charge is 0.381 e. The number of nitrogens with two attached hydrogens (primary N) is 1. The average Bonchev–Trinajstić information content (AvgIpc) is 3.13. The lowest BCUT2D eigenvalue weighted by Crippen LogP contribution is -2.33. The van der Waals surface area contributed by atoms with Crippen molar-refractivity contribution in [2.75, 3.05) is 46.1 Å². The molecule has 2 heterocycles. The second kappa shape index (κ2) is 9.15. The maximum Gasteiger partial charge on any atom is 0.188 e. The summed E-state index contributed by atoms with van der Waals surface area (Å²) in [6.45, 7) is 5.61. The van der Waals surface area contributed by atoms with E-state index in [0.717, 1.165) is 65.3 Å². The lowest BCUT2D eigenvalue weighted by atomic mass is 10.1. The summed E-state index contributed by atoms with van der Waals surface area (Å²) < 4.78 is 16.4. The maximum absolute atomic E-state index is 5.79. The molecule has 0 aromatic carbocycles. The van der Waals surface area contributed by atoms with Gasteiger partial charge < -0.3 is 25.3 Å². The highest BCUT2D eigenvalue weighted by atomic mass is 16.5. The molecule has 0 spiro atoms. The molecule has 0 aromatic heterocycles. The van der Waals surface area contributed by atoms with Crippen LogP contribution in [0, 0.1) is 5.92 Å². The van der Waals surface area contributed by atoms with Gasteiger partial charge in [0, 0.05) is 32.3 Å². The summed E-state index contributed by atoms with van der Waals surface area (Å²) in [6.07, 6.45) is 4.55. The van der Waals surface area contributed by atoms with Gasteiger partial charge in [-0.05, 0) is 25.7 Å². The van der Waals surface area contributed by atoms with Gasteiger partial charge >= 0.3 is 0 Å². The molecule has 0 amide bonds. The van der Waals surface area contributed by atoms with Crippen LogP contribution in [0.4, 0.5) is 0 Å². The SMILES string of the molecule is NC(=NCC1CCCO1)NCCCOCC1CCOC1. The molecule has 2 rings (SSSR count). The third kappa shape index (κ3) is 6.07.